The van der Waals surface area contributed by atoms with Crippen molar-refractivity contribution >= 4 is 18.0 Å². The van der Waals surface area contributed by atoms with Crippen molar-refractivity contribution in [3.63, 3.8) is 0 Å². The number of aromatic nitrogens is 1. The molecular formula is C9H11NO2S. The van der Waals surface area contributed by atoms with Crippen LogP contribution in [0.25, 0.3) is 0 Å². The van der Waals surface area contributed by atoms with Gasteiger partial charge in [-0.1, -0.05) is 5.16 Å². The van der Waals surface area contributed by atoms with E-state index in [1.54, 1.807) is 6.07 Å². The number of aldehydes is 1. The molecule has 0 bridgehead atoms. The van der Waals surface area contributed by atoms with Gasteiger partial charge in [-0.15, -0.1) is 0 Å². The maximum absolute atomic E-state index is 10.3. The summed E-state index contributed by atoms with van der Waals surface area (Å²) in [5.74, 6) is 4.00. The highest BCUT2D eigenvalue weighted by molar-refractivity contribution is 7.99. The Kier molecular flexibility index (Phi) is 2.68. The van der Waals surface area contributed by atoms with Gasteiger partial charge in [0, 0.05) is 12.5 Å². The second-order valence-electron chi connectivity index (χ2n) is 3.27. The topological polar surface area (TPSA) is 43.1 Å². The third-order valence-corrected chi connectivity index (χ3v) is 3.44. The molecule has 1 unspecified atom stereocenters. The van der Waals surface area contributed by atoms with Crippen molar-refractivity contribution in [2.75, 3.05) is 11.5 Å². The van der Waals surface area contributed by atoms with Crippen molar-refractivity contribution in [2.24, 2.45) is 5.92 Å². The SMILES string of the molecule is O=Cc1cc(CC2CCSC2)on1. The van der Waals surface area contributed by atoms with Crippen LogP contribution in [0.15, 0.2) is 10.6 Å². The quantitative estimate of drug-likeness (QED) is 0.693. The predicted octanol–water partition coefficient (Wildman–Crippen LogP) is 1.78. The average molecular weight is 197 g/mol. The zero-order valence-electron chi connectivity index (χ0n) is 7.23. The van der Waals surface area contributed by atoms with Crippen molar-refractivity contribution < 1.29 is 9.32 Å². The summed E-state index contributed by atoms with van der Waals surface area (Å²) in [5.41, 5.74) is 0.403. The Bertz CT molecular complexity index is 292. The van der Waals surface area contributed by atoms with Gasteiger partial charge < -0.3 is 4.52 Å². The first-order valence-corrected chi connectivity index (χ1v) is 5.52. The van der Waals surface area contributed by atoms with E-state index < -0.39 is 0 Å². The van der Waals surface area contributed by atoms with E-state index in [9.17, 15) is 4.79 Å². The zero-order valence-corrected chi connectivity index (χ0v) is 8.05. The Morgan fingerprint density at radius 3 is 3.31 bits per heavy atom. The molecule has 1 atom stereocenters. The fraction of sp³-hybridized carbons (Fsp3) is 0.556. The van der Waals surface area contributed by atoms with Gasteiger partial charge in [-0.05, 0) is 23.8 Å². The smallest absolute Gasteiger partial charge is 0.171 e. The van der Waals surface area contributed by atoms with Crippen LogP contribution in [0, 0.1) is 5.92 Å². The fourth-order valence-electron chi connectivity index (χ4n) is 1.51. The van der Waals surface area contributed by atoms with E-state index in [0.717, 1.165) is 18.5 Å². The monoisotopic (exact) mass is 197 g/mol. The van der Waals surface area contributed by atoms with Gasteiger partial charge in [0.1, 0.15) is 11.5 Å². The summed E-state index contributed by atoms with van der Waals surface area (Å²) < 4.78 is 5.03. The van der Waals surface area contributed by atoms with E-state index in [1.165, 1.54) is 17.9 Å². The number of thioether (sulfide) groups is 1. The fourth-order valence-corrected chi connectivity index (χ4v) is 2.79. The minimum atomic E-state index is 0.403. The molecule has 13 heavy (non-hydrogen) atoms. The van der Waals surface area contributed by atoms with Gasteiger partial charge in [0.05, 0.1) is 0 Å². The molecule has 3 nitrogen and oxygen atoms in total. The van der Waals surface area contributed by atoms with Gasteiger partial charge in [-0.2, -0.15) is 11.8 Å². The van der Waals surface area contributed by atoms with E-state index >= 15 is 0 Å². The molecule has 0 aliphatic carbocycles. The molecule has 1 aliphatic rings. The molecule has 1 fully saturated rings. The van der Waals surface area contributed by atoms with Crippen LogP contribution < -0.4 is 0 Å². The summed E-state index contributed by atoms with van der Waals surface area (Å²) in [6, 6.07) is 1.73. The van der Waals surface area contributed by atoms with Crippen LogP contribution in [0.2, 0.25) is 0 Å². The average Bonchev–Trinajstić information content (AvgIpc) is 2.76. The van der Waals surface area contributed by atoms with Crippen LogP contribution in [0.5, 0.6) is 0 Å². The lowest BCUT2D eigenvalue weighted by atomic mass is 10.0. The summed E-state index contributed by atoms with van der Waals surface area (Å²) in [5, 5.41) is 3.63. The van der Waals surface area contributed by atoms with Crippen LogP contribution >= 0.6 is 11.8 Å². The van der Waals surface area contributed by atoms with E-state index in [4.69, 9.17) is 4.52 Å². The first-order valence-electron chi connectivity index (χ1n) is 4.37. The van der Waals surface area contributed by atoms with E-state index in [1.807, 2.05) is 11.8 Å². The number of hydrogen-bond acceptors (Lipinski definition) is 4. The number of rotatable bonds is 3. The maximum atomic E-state index is 10.3. The summed E-state index contributed by atoms with van der Waals surface area (Å²) in [4.78, 5) is 10.3. The molecule has 0 N–H and O–H groups in total. The minimum absolute atomic E-state index is 0.403. The Morgan fingerprint density at radius 1 is 1.77 bits per heavy atom. The summed E-state index contributed by atoms with van der Waals surface area (Å²) in [7, 11) is 0. The lowest BCUT2D eigenvalue weighted by molar-refractivity contribution is 0.111. The molecule has 1 aliphatic heterocycles. The first kappa shape index (κ1) is 8.81. The van der Waals surface area contributed by atoms with Gasteiger partial charge in [0.15, 0.2) is 6.29 Å². The number of nitrogens with zero attached hydrogens (tertiary/aromatic N) is 1. The molecule has 70 valence electrons. The standard InChI is InChI=1S/C9H11NO2S/c11-5-8-4-9(12-10-8)3-7-1-2-13-6-7/h4-5,7H,1-3,6H2. The van der Waals surface area contributed by atoms with Crippen molar-refractivity contribution in [2.45, 2.75) is 12.8 Å². The number of carbonyl (C=O) groups excluding carboxylic acids is 1. The largest absolute Gasteiger partial charge is 0.361 e. The van der Waals surface area contributed by atoms with Gasteiger partial charge in [0.25, 0.3) is 0 Å². The van der Waals surface area contributed by atoms with Crippen LogP contribution in [0.1, 0.15) is 22.7 Å². The van der Waals surface area contributed by atoms with Crippen LogP contribution in [0.3, 0.4) is 0 Å². The first-order chi connectivity index (χ1) is 6.38. The molecule has 1 saturated heterocycles. The second-order valence-corrected chi connectivity index (χ2v) is 4.42. The van der Waals surface area contributed by atoms with E-state index in [2.05, 4.69) is 5.16 Å². The van der Waals surface area contributed by atoms with E-state index in [0.29, 0.717) is 11.6 Å². The highest BCUT2D eigenvalue weighted by Gasteiger charge is 2.17. The Labute approximate surface area is 80.9 Å². The summed E-state index contributed by atoms with van der Waals surface area (Å²) >= 11 is 1.98. The predicted molar refractivity (Wildman–Crippen MR) is 51.0 cm³/mol. The summed E-state index contributed by atoms with van der Waals surface area (Å²) in [6.45, 7) is 0. The maximum Gasteiger partial charge on any atom is 0.171 e. The van der Waals surface area contributed by atoms with Gasteiger partial charge in [-0.25, -0.2) is 0 Å². The third-order valence-electron chi connectivity index (χ3n) is 2.21. The minimum Gasteiger partial charge on any atom is -0.361 e. The lowest BCUT2D eigenvalue weighted by Crippen LogP contribution is -2.01. The highest BCUT2D eigenvalue weighted by Crippen LogP contribution is 2.26. The molecule has 0 saturated carbocycles. The highest BCUT2D eigenvalue weighted by atomic mass is 32.2. The summed E-state index contributed by atoms with van der Waals surface area (Å²) in [6.07, 6.45) is 2.89. The Balaban J connectivity index is 1.96. The molecular weight excluding hydrogens is 186 g/mol. The normalized spacial score (nSPS) is 22.0. The third kappa shape index (κ3) is 2.12. The molecule has 0 radical (unpaired) electrons. The Hall–Kier alpha value is -0.770. The molecule has 2 rings (SSSR count). The van der Waals surface area contributed by atoms with Gasteiger partial charge in [-0.3, -0.25) is 4.79 Å². The molecule has 1 aromatic rings. The zero-order chi connectivity index (χ0) is 9.10. The van der Waals surface area contributed by atoms with Crippen LogP contribution in [0.4, 0.5) is 0 Å². The Morgan fingerprint density at radius 2 is 2.69 bits per heavy atom. The van der Waals surface area contributed by atoms with Crippen molar-refractivity contribution in [3.8, 4) is 0 Å². The van der Waals surface area contributed by atoms with Crippen molar-refractivity contribution in [3.05, 3.63) is 17.5 Å². The van der Waals surface area contributed by atoms with Crippen LogP contribution in [-0.4, -0.2) is 22.9 Å². The van der Waals surface area contributed by atoms with Gasteiger partial charge in [0.2, 0.25) is 0 Å². The second kappa shape index (κ2) is 3.96. The molecule has 2 heterocycles. The lowest BCUT2D eigenvalue weighted by Gasteiger charge is -2.02. The molecule has 1 aromatic heterocycles. The number of carbonyl (C=O) groups is 1. The van der Waals surface area contributed by atoms with Crippen molar-refractivity contribution in [1.29, 1.82) is 0 Å². The van der Waals surface area contributed by atoms with Crippen molar-refractivity contribution in [1.82, 2.24) is 5.16 Å². The van der Waals surface area contributed by atoms with Gasteiger partial charge >= 0.3 is 0 Å². The molecule has 0 aromatic carbocycles. The molecule has 0 amide bonds. The number of hydrogen-bond donors (Lipinski definition) is 0. The van der Waals surface area contributed by atoms with E-state index in [-0.39, 0.29) is 0 Å². The molecule has 0 spiro atoms. The van der Waals surface area contributed by atoms with Crippen LogP contribution in [-0.2, 0) is 6.42 Å². The molecule has 4 heteroatoms.